The summed E-state index contributed by atoms with van der Waals surface area (Å²) < 4.78 is 22.0. The SMILES string of the molecule is COC(=O)COc1ccc(F)cc1C#N. The van der Waals surface area contributed by atoms with Crippen molar-refractivity contribution < 1.29 is 18.7 Å². The zero-order valence-corrected chi connectivity index (χ0v) is 7.99. The zero-order chi connectivity index (χ0) is 11.3. The summed E-state index contributed by atoms with van der Waals surface area (Å²) in [4.78, 5) is 10.7. The van der Waals surface area contributed by atoms with E-state index < -0.39 is 11.8 Å². The first-order valence-corrected chi connectivity index (χ1v) is 4.06. The van der Waals surface area contributed by atoms with Crippen molar-refractivity contribution in [3.05, 3.63) is 29.6 Å². The molecule has 0 unspecified atom stereocenters. The smallest absolute Gasteiger partial charge is 0.343 e. The fourth-order valence-corrected chi connectivity index (χ4v) is 0.911. The highest BCUT2D eigenvalue weighted by molar-refractivity contribution is 5.71. The van der Waals surface area contributed by atoms with Gasteiger partial charge < -0.3 is 9.47 Å². The summed E-state index contributed by atoms with van der Waals surface area (Å²) in [5.41, 5.74) is 0.0407. The lowest BCUT2D eigenvalue weighted by Gasteiger charge is -2.05. The predicted octanol–water partition coefficient (Wildman–Crippen LogP) is 1.25. The van der Waals surface area contributed by atoms with Crippen LogP contribution in [0.5, 0.6) is 5.75 Å². The first kappa shape index (κ1) is 11.0. The van der Waals surface area contributed by atoms with Crippen LogP contribution in [0.25, 0.3) is 0 Å². The van der Waals surface area contributed by atoms with Crippen LogP contribution in [0.4, 0.5) is 4.39 Å². The average molecular weight is 209 g/mol. The summed E-state index contributed by atoms with van der Waals surface area (Å²) in [6.07, 6.45) is 0. The molecular weight excluding hydrogens is 201 g/mol. The number of ether oxygens (including phenoxy) is 2. The van der Waals surface area contributed by atoms with Gasteiger partial charge in [0.2, 0.25) is 0 Å². The molecule has 78 valence electrons. The predicted molar refractivity (Wildman–Crippen MR) is 48.6 cm³/mol. The second kappa shape index (κ2) is 4.96. The molecule has 15 heavy (non-hydrogen) atoms. The highest BCUT2D eigenvalue weighted by Gasteiger charge is 2.07. The van der Waals surface area contributed by atoms with E-state index in [0.29, 0.717) is 0 Å². The lowest BCUT2D eigenvalue weighted by atomic mass is 10.2. The zero-order valence-electron chi connectivity index (χ0n) is 7.99. The van der Waals surface area contributed by atoms with Gasteiger partial charge in [0, 0.05) is 0 Å². The molecular formula is C10H8FNO3. The molecule has 0 saturated heterocycles. The van der Waals surface area contributed by atoms with Crippen molar-refractivity contribution in [3.8, 4) is 11.8 Å². The Kier molecular flexibility index (Phi) is 3.63. The Hall–Kier alpha value is -2.09. The van der Waals surface area contributed by atoms with E-state index >= 15 is 0 Å². The Labute approximate surface area is 85.8 Å². The van der Waals surface area contributed by atoms with Crippen LogP contribution >= 0.6 is 0 Å². The van der Waals surface area contributed by atoms with Gasteiger partial charge >= 0.3 is 5.97 Å². The number of hydrogen-bond acceptors (Lipinski definition) is 4. The highest BCUT2D eigenvalue weighted by atomic mass is 19.1. The Morgan fingerprint density at radius 2 is 2.33 bits per heavy atom. The molecule has 0 aliphatic rings. The number of rotatable bonds is 3. The fourth-order valence-electron chi connectivity index (χ4n) is 0.911. The van der Waals surface area contributed by atoms with E-state index in [4.69, 9.17) is 10.00 Å². The van der Waals surface area contributed by atoms with Crippen LogP contribution in [0.2, 0.25) is 0 Å². The molecule has 1 rings (SSSR count). The number of esters is 1. The Bertz CT molecular complexity index is 412. The molecule has 0 saturated carbocycles. The lowest BCUT2D eigenvalue weighted by Crippen LogP contribution is -2.13. The number of benzene rings is 1. The monoisotopic (exact) mass is 209 g/mol. The molecule has 1 aromatic carbocycles. The molecule has 0 aromatic heterocycles. The van der Waals surface area contributed by atoms with E-state index in [9.17, 15) is 9.18 Å². The molecule has 0 atom stereocenters. The largest absolute Gasteiger partial charge is 0.481 e. The van der Waals surface area contributed by atoms with Crippen LogP contribution in [0.1, 0.15) is 5.56 Å². The van der Waals surface area contributed by atoms with Crippen LogP contribution in [-0.4, -0.2) is 19.7 Å². The standard InChI is InChI=1S/C10H8FNO3/c1-14-10(13)6-15-9-3-2-8(11)4-7(9)5-12/h2-4H,6H2,1H3. The third-order valence-corrected chi connectivity index (χ3v) is 1.64. The van der Waals surface area contributed by atoms with Crippen molar-refractivity contribution >= 4 is 5.97 Å². The van der Waals surface area contributed by atoms with Crippen molar-refractivity contribution in [2.75, 3.05) is 13.7 Å². The van der Waals surface area contributed by atoms with E-state index in [1.54, 1.807) is 6.07 Å². The van der Waals surface area contributed by atoms with Gasteiger partial charge in [0.25, 0.3) is 0 Å². The van der Waals surface area contributed by atoms with Crippen LogP contribution in [0.15, 0.2) is 18.2 Å². The molecule has 0 radical (unpaired) electrons. The van der Waals surface area contributed by atoms with Crippen molar-refractivity contribution in [2.45, 2.75) is 0 Å². The highest BCUT2D eigenvalue weighted by Crippen LogP contribution is 2.18. The number of carbonyl (C=O) groups is 1. The lowest BCUT2D eigenvalue weighted by molar-refractivity contribution is -0.142. The van der Waals surface area contributed by atoms with E-state index in [1.165, 1.54) is 13.2 Å². The molecule has 0 aliphatic heterocycles. The number of halogens is 1. The molecule has 0 heterocycles. The maximum Gasteiger partial charge on any atom is 0.343 e. The summed E-state index contributed by atoms with van der Waals surface area (Å²) in [7, 11) is 1.22. The van der Waals surface area contributed by atoms with Crippen LogP contribution in [-0.2, 0) is 9.53 Å². The summed E-state index contributed by atoms with van der Waals surface area (Å²) in [5, 5.41) is 8.65. The minimum absolute atomic E-state index is 0.0407. The van der Waals surface area contributed by atoms with E-state index in [1.807, 2.05) is 0 Å². The topological polar surface area (TPSA) is 59.3 Å². The van der Waals surface area contributed by atoms with Crippen molar-refractivity contribution in [2.24, 2.45) is 0 Å². The van der Waals surface area contributed by atoms with Gasteiger partial charge in [-0.05, 0) is 18.2 Å². The molecule has 0 fully saturated rings. The van der Waals surface area contributed by atoms with E-state index in [-0.39, 0.29) is 17.9 Å². The molecule has 0 spiro atoms. The van der Waals surface area contributed by atoms with Gasteiger partial charge in [0.05, 0.1) is 12.7 Å². The molecule has 0 aliphatic carbocycles. The second-order valence-electron chi connectivity index (χ2n) is 2.62. The van der Waals surface area contributed by atoms with Gasteiger partial charge in [0.15, 0.2) is 6.61 Å². The van der Waals surface area contributed by atoms with E-state index in [0.717, 1.165) is 12.1 Å². The van der Waals surface area contributed by atoms with Gasteiger partial charge in [-0.2, -0.15) is 5.26 Å². The van der Waals surface area contributed by atoms with Gasteiger partial charge in [-0.15, -0.1) is 0 Å². The number of nitriles is 1. The fraction of sp³-hybridized carbons (Fsp3) is 0.200. The molecule has 5 heteroatoms. The Morgan fingerprint density at radius 3 is 2.93 bits per heavy atom. The molecule has 4 nitrogen and oxygen atoms in total. The number of methoxy groups -OCH3 is 1. The minimum Gasteiger partial charge on any atom is -0.481 e. The normalized spacial score (nSPS) is 9.13. The Balaban J connectivity index is 2.77. The summed E-state index contributed by atoms with van der Waals surface area (Å²) in [6, 6.07) is 5.23. The summed E-state index contributed by atoms with van der Waals surface area (Å²) in [5.74, 6) is -0.940. The quantitative estimate of drug-likeness (QED) is 0.703. The minimum atomic E-state index is -0.566. The van der Waals surface area contributed by atoms with Crippen LogP contribution in [0, 0.1) is 17.1 Å². The van der Waals surface area contributed by atoms with Crippen molar-refractivity contribution in [1.82, 2.24) is 0 Å². The third-order valence-electron chi connectivity index (χ3n) is 1.64. The maximum absolute atomic E-state index is 12.7. The molecule has 1 aromatic rings. The number of carbonyl (C=O) groups excluding carboxylic acids is 1. The summed E-state index contributed by atoms with van der Waals surface area (Å²) >= 11 is 0. The van der Waals surface area contributed by atoms with Crippen molar-refractivity contribution in [1.29, 1.82) is 5.26 Å². The van der Waals surface area contributed by atoms with Crippen LogP contribution in [0.3, 0.4) is 0 Å². The first-order chi connectivity index (χ1) is 7.17. The van der Waals surface area contributed by atoms with Gasteiger partial charge in [0.1, 0.15) is 17.6 Å². The van der Waals surface area contributed by atoms with Gasteiger partial charge in [-0.25, -0.2) is 9.18 Å². The van der Waals surface area contributed by atoms with Crippen molar-refractivity contribution in [3.63, 3.8) is 0 Å². The van der Waals surface area contributed by atoms with Crippen LogP contribution < -0.4 is 4.74 Å². The average Bonchev–Trinajstić information content (AvgIpc) is 2.26. The molecule has 0 bridgehead atoms. The van der Waals surface area contributed by atoms with E-state index in [2.05, 4.69) is 4.74 Å². The number of hydrogen-bond donors (Lipinski definition) is 0. The Morgan fingerprint density at radius 1 is 1.60 bits per heavy atom. The third kappa shape index (κ3) is 2.95. The second-order valence-corrected chi connectivity index (χ2v) is 2.62. The first-order valence-electron chi connectivity index (χ1n) is 4.06. The molecule has 0 amide bonds. The number of nitrogens with zero attached hydrogens (tertiary/aromatic N) is 1. The van der Waals surface area contributed by atoms with Gasteiger partial charge in [-0.3, -0.25) is 0 Å². The summed E-state index contributed by atoms with van der Waals surface area (Å²) in [6.45, 7) is -0.309. The molecule has 0 N–H and O–H groups in total. The maximum atomic E-state index is 12.7. The van der Waals surface area contributed by atoms with Gasteiger partial charge in [-0.1, -0.05) is 0 Å².